The number of allylic oxidation sites excluding steroid dienone is 3. The van der Waals surface area contributed by atoms with E-state index in [1.54, 1.807) is 12.1 Å². The molecule has 10 heteroatoms. The van der Waals surface area contributed by atoms with Crippen molar-refractivity contribution in [2.45, 2.75) is 37.8 Å². The number of hydrogen-bond donors (Lipinski definition) is 4. The van der Waals surface area contributed by atoms with Crippen LogP contribution in [0.25, 0.3) is 5.52 Å². The van der Waals surface area contributed by atoms with Gasteiger partial charge in [0, 0.05) is 18.2 Å². The van der Waals surface area contributed by atoms with Gasteiger partial charge in [0.15, 0.2) is 0 Å². The fraction of sp³-hybridized carbons (Fsp3) is 0.240. The average Bonchev–Trinajstić information content (AvgIpc) is 3.25. The lowest BCUT2D eigenvalue weighted by Crippen LogP contribution is -2.33. The molecule has 1 aliphatic rings. The molecule has 0 aliphatic heterocycles. The second-order valence-electron chi connectivity index (χ2n) is 8.36. The molecule has 0 saturated heterocycles. The normalized spacial score (nSPS) is 18.2. The van der Waals surface area contributed by atoms with Crippen LogP contribution in [-0.4, -0.2) is 32.6 Å². The highest BCUT2D eigenvalue weighted by Crippen LogP contribution is 2.28. The molecule has 1 saturated carbocycles. The largest absolute Gasteiger partial charge is 0.366 e. The minimum atomic E-state index is -0.770. The Morgan fingerprint density at radius 3 is 2.66 bits per heavy atom. The van der Waals surface area contributed by atoms with Gasteiger partial charge in [-0.3, -0.25) is 4.79 Å². The van der Waals surface area contributed by atoms with Crippen LogP contribution in [0.2, 0.25) is 0 Å². The summed E-state index contributed by atoms with van der Waals surface area (Å²) in [5.41, 5.74) is 7.58. The zero-order valence-electron chi connectivity index (χ0n) is 19.1. The molecule has 0 bridgehead atoms. The molecule has 0 spiro atoms. The Kier molecular flexibility index (Phi) is 7.62. The number of rotatable bonds is 8. The highest BCUT2D eigenvalue weighted by atomic mass is 79.9. The van der Waals surface area contributed by atoms with Crippen molar-refractivity contribution in [1.82, 2.24) is 19.9 Å². The van der Waals surface area contributed by atoms with Crippen molar-refractivity contribution in [2.24, 2.45) is 5.73 Å². The lowest BCUT2D eigenvalue weighted by molar-refractivity contribution is 0.0958. The smallest absolute Gasteiger partial charge is 0.274 e. The quantitative estimate of drug-likeness (QED) is 0.231. The molecule has 35 heavy (non-hydrogen) atoms. The molecule has 8 nitrogen and oxygen atoms in total. The Hall–Kier alpha value is -3.50. The first-order valence-electron chi connectivity index (χ1n) is 11.3. The minimum absolute atomic E-state index is 0.0653. The molecule has 3 heterocycles. The van der Waals surface area contributed by atoms with Crippen LogP contribution in [0, 0.1) is 0 Å². The summed E-state index contributed by atoms with van der Waals surface area (Å²) < 4.78 is 16.0. The van der Waals surface area contributed by atoms with Gasteiger partial charge >= 0.3 is 0 Å². The second kappa shape index (κ2) is 10.8. The third-order valence-electron chi connectivity index (χ3n) is 5.78. The van der Waals surface area contributed by atoms with Crippen molar-refractivity contribution in [3.63, 3.8) is 0 Å². The van der Waals surface area contributed by atoms with Crippen molar-refractivity contribution in [1.29, 1.82) is 0 Å². The SMILES string of the molecule is C=C/C=C(/NC(=O)c1ccc2c(Nc3cccc(Br)n3)cc(NC3CCC(N)CC3)nn12)C(=C)F. The van der Waals surface area contributed by atoms with Gasteiger partial charge in [0.25, 0.3) is 5.91 Å². The first-order chi connectivity index (χ1) is 16.8. The van der Waals surface area contributed by atoms with E-state index in [-0.39, 0.29) is 23.5 Å². The lowest BCUT2D eigenvalue weighted by atomic mass is 9.92. The summed E-state index contributed by atoms with van der Waals surface area (Å²) in [5, 5.41) is 14.0. The van der Waals surface area contributed by atoms with Gasteiger partial charge in [-0.15, -0.1) is 5.10 Å². The van der Waals surface area contributed by atoms with E-state index in [0.29, 0.717) is 27.4 Å². The number of amides is 1. The Morgan fingerprint density at radius 2 is 1.97 bits per heavy atom. The number of aromatic nitrogens is 3. The molecule has 0 unspecified atom stereocenters. The van der Waals surface area contributed by atoms with Crippen LogP contribution >= 0.6 is 15.9 Å². The zero-order chi connectivity index (χ0) is 24.9. The highest BCUT2D eigenvalue weighted by Gasteiger charge is 2.21. The van der Waals surface area contributed by atoms with E-state index in [4.69, 9.17) is 5.73 Å². The van der Waals surface area contributed by atoms with E-state index >= 15 is 0 Å². The Morgan fingerprint density at radius 1 is 1.20 bits per heavy atom. The summed E-state index contributed by atoms with van der Waals surface area (Å²) in [5.74, 6) is -0.0820. The molecule has 5 N–H and O–H groups in total. The fourth-order valence-corrected chi connectivity index (χ4v) is 4.37. The van der Waals surface area contributed by atoms with Gasteiger partial charge in [-0.2, -0.15) is 0 Å². The Balaban J connectivity index is 1.72. The van der Waals surface area contributed by atoms with Crippen LogP contribution in [0.15, 0.2) is 77.8 Å². The number of hydrogen-bond acceptors (Lipinski definition) is 6. The van der Waals surface area contributed by atoms with Crippen LogP contribution in [0.3, 0.4) is 0 Å². The molecule has 3 aromatic rings. The Labute approximate surface area is 211 Å². The third kappa shape index (κ3) is 5.95. The molecule has 0 radical (unpaired) electrons. The van der Waals surface area contributed by atoms with E-state index in [9.17, 15) is 9.18 Å². The summed E-state index contributed by atoms with van der Waals surface area (Å²) >= 11 is 3.39. The molecule has 3 aromatic heterocycles. The summed E-state index contributed by atoms with van der Waals surface area (Å²) in [6, 6.07) is 11.3. The van der Waals surface area contributed by atoms with E-state index in [2.05, 4.69) is 55.1 Å². The van der Waals surface area contributed by atoms with Gasteiger partial charge in [-0.1, -0.05) is 25.3 Å². The van der Waals surface area contributed by atoms with Crippen molar-refractivity contribution in [3.05, 3.63) is 83.5 Å². The molecule has 1 amide bonds. The molecule has 0 atom stereocenters. The fourth-order valence-electron chi connectivity index (χ4n) is 4.02. The van der Waals surface area contributed by atoms with E-state index in [1.165, 1.54) is 16.7 Å². The molecule has 4 rings (SSSR count). The van der Waals surface area contributed by atoms with Gasteiger partial charge < -0.3 is 21.7 Å². The first kappa shape index (κ1) is 24.6. The summed E-state index contributed by atoms with van der Waals surface area (Å²) in [6.45, 7) is 6.81. The summed E-state index contributed by atoms with van der Waals surface area (Å²) in [6.07, 6.45) is 6.47. The van der Waals surface area contributed by atoms with Crippen molar-refractivity contribution < 1.29 is 9.18 Å². The monoisotopic (exact) mass is 539 g/mol. The van der Waals surface area contributed by atoms with Crippen molar-refractivity contribution >= 4 is 44.7 Å². The number of fused-ring (bicyclic) bond motifs is 1. The maximum absolute atomic E-state index is 13.8. The van der Waals surface area contributed by atoms with Crippen LogP contribution in [0.5, 0.6) is 0 Å². The number of nitrogens with zero attached hydrogens (tertiary/aromatic N) is 3. The maximum Gasteiger partial charge on any atom is 0.274 e. The van der Waals surface area contributed by atoms with Crippen LogP contribution in [0.1, 0.15) is 36.2 Å². The van der Waals surface area contributed by atoms with Crippen LogP contribution in [0.4, 0.5) is 21.7 Å². The number of pyridine rings is 1. The second-order valence-corrected chi connectivity index (χ2v) is 9.17. The molecule has 182 valence electrons. The summed E-state index contributed by atoms with van der Waals surface area (Å²) in [7, 11) is 0. The maximum atomic E-state index is 13.8. The van der Waals surface area contributed by atoms with Gasteiger partial charge in [-0.05, 0) is 72.0 Å². The third-order valence-corrected chi connectivity index (χ3v) is 6.22. The Bertz CT molecular complexity index is 1290. The lowest BCUT2D eigenvalue weighted by Gasteiger charge is -2.27. The van der Waals surface area contributed by atoms with E-state index in [0.717, 1.165) is 25.7 Å². The van der Waals surface area contributed by atoms with Gasteiger partial charge in [-0.25, -0.2) is 13.9 Å². The van der Waals surface area contributed by atoms with E-state index in [1.807, 2.05) is 24.3 Å². The van der Waals surface area contributed by atoms with Crippen molar-refractivity contribution in [2.75, 3.05) is 10.6 Å². The van der Waals surface area contributed by atoms with E-state index < -0.39 is 11.7 Å². The number of carbonyl (C=O) groups is 1. The number of nitrogens with two attached hydrogens (primary N) is 1. The molecular weight excluding hydrogens is 513 g/mol. The van der Waals surface area contributed by atoms with Gasteiger partial charge in [0.05, 0.1) is 16.9 Å². The zero-order valence-corrected chi connectivity index (χ0v) is 20.7. The molecular formula is C25H27BrFN7O. The predicted molar refractivity (Wildman–Crippen MR) is 140 cm³/mol. The van der Waals surface area contributed by atoms with Crippen LogP contribution < -0.4 is 21.7 Å². The van der Waals surface area contributed by atoms with Crippen molar-refractivity contribution in [3.8, 4) is 0 Å². The predicted octanol–water partition coefficient (Wildman–Crippen LogP) is 5.20. The minimum Gasteiger partial charge on any atom is -0.366 e. The standard InChI is InChI=1S/C25H27BrFN7O/c1-3-5-18(15(2)27)31-25(35)21-13-12-20-19(30-23-7-4-6-22(26)32-23)14-24(33-34(20)21)29-17-10-8-16(28)9-11-17/h3-7,12-14,16-17H,1-2,8-11,28H2,(H,29,33)(H,30,32)(H,31,35)/b18-5+. The average molecular weight is 540 g/mol. The number of carbonyl (C=O) groups excluding carboxylic acids is 1. The molecule has 1 fully saturated rings. The summed E-state index contributed by atoms with van der Waals surface area (Å²) in [4.78, 5) is 17.5. The first-order valence-corrected chi connectivity index (χ1v) is 12.1. The number of nitrogens with one attached hydrogen (secondary N) is 3. The molecule has 1 aliphatic carbocycles. The van der Waals surface area contributed by atoms with Crippen LogP contribution in [-0.2, 0) is 0 Å². The number of halogens is 2. The van der Waals surface area contributed by atoms with Gasteiger partial charge in [0.1, 0.15) is 27.8 Å². The topological polar surface area (TPSA) is 109 Å². The molecule has 0 aromatic carbocycles. The highest BCUT2D eigenvalue weighted by molar-refractivity contribution is 9.10. The number of anilines is 3. The van der Waals surface area contributed by atoms with Gasteiger partial charge in [0.2, 0.25) is 0 Å².